The van der Waals surface area contributed by atoms with Crippen molar-refractivity contribution in [1.29, 1.82) is 0 Å². The molecule has 0 saturated carbocycles. The molecule has 1 saturated heterocycles. The zero-order valence-electron chi connectivity index (χ0n) is 16.5. The first-order chi connectivity index (χ1) is 14.5. The number of amides is 3. The van der Waals surface area contributed by atoms with Gasteiger partial charge in [-0.25, -0.2) is 4.79 Å². The molecule has 4 rings (SSSR count). The molecular formula is C23H22N2O5. The number of likely N-dealkylation sites (tertiary alicyclic amines) is 1. The average molecular weight is 406 g/mol. The van der Waals surface area contributed by atoms with Gasteiger partial charge < -0.3 is 10.1 Å². The Morgan fingerprint density at radius 2 is 1.67 bits per heavy atom. The van der Waals surface area contributed by atoms with E-state index in [0.29, 0.717) is 18.5 Å². The highest BCUT2D eigenvalue weighted by Gasteiger charge is 2.50. The summed E-state index contributed by atoms with van der Waals surface area (Å²) in [6.45, 7) is 0.947. The third-order valence-electron chi connectivity index (χ3n) is 5.68. The van der Waals surface area contributed by atoms with Gasteiger partial charge in [0.2, 0.25) is 11.8 Å². The van der Waals surface area contributed by atoms with Crippen LogP contribution in [0, 0.1) is 11.8 Å². The molecule has 1 fully saturated rings. The second-order valence-electron chi connectivity index (χ2n) is 7.56. The SMILES string of the molecule is C[C@@H](C(=O)OCC(=O)Nc1cccc2ccccc12)N1C(=O)[C@H]2CC=CC[C@H]2C1=O. The highest BCUT2D eigenvalue weighted by atomic mass is 16.5. The zero-order chi connectivity index (χ0) is 21.3. The fourth-order valence-corrected chi connectivity index (χ4v) is 4.09. The summed E-state index contributed by atoms with van der Waals surface area (Å²) in [5.41, 5.74) is 0.615. The van der Waals surface area contributed by atoms with E-state index in [1.807, 2.05) is 48.6 Å². The molecule has 3 amide bonds. The summed E-state index contributed by atoms with van der Waals surface area (Å²) in [5.74, 6) is -2.79. The Morgan fingerprint density at radius 3 is 2.37 bits per heavy atom. The van der Waals surface area contributed by atoms with E-state index in [1.165, 1.54) is 6.92 Å². The second kappa shape index (κ2) is 8.10. The highest BCUT2D eigenvalue weighted by molar-refractivity contribution is 6.08. The molecule has 1 heterocycles. The van der Waals surface area contributed by atoms with Crippen LogP contribution in [-0.4, -0.2) is 41.2 Å². The van der Waals surface area contributed by atoms with Crippen LogP contribution in [0.25, 0.3) is 10.8 Å². The summed E-state index contributed by atoms with van der Waals surface area (Å²) in [7, 11) is 0. The molecule has 0 radical (unpaired) electrons. The van der Waals surface area contributed by atoms with Gasteiger partial charge >= 0.3 is 5.97 Å². The first-order valence-electron chi connectivity index (χ1n) is 9.93. The van der Waals surface area contributed by atoms with Crippen molar-refractivity contribution in [2.45, 2.75) is 25.8 Å². The van der Waals surface area contributed by atoms with Crippen LogP contribution in [0.1, 0.15) is 19.8 Å². The molecule has 2 aromatic rings. The number of nitrogens with one attached hydrogen (secondary N) is 1. The number of carbonyl (C=O) groups is 4. The molecule has 2 aliphatic rings. The number of esters is 1. The summed E-state index contributed by atoms with van der Waals surface area (Å²) < 4.78 is 5.10. The van der Waals surface area contributed by atoms with Crippen molar-refractivity contribution in [2.75, 3.05) is 11.9 Å². The minimum atomic E-state index is -1.07. The molecule has 0 spiro atoms. The van der Waals surface area contributed by atoms with Crippen LogP contribution in [0.4, 0.5) is 5.69 Å². The highest BCUT2D eigenvalue weighted by Crippen LogP contribution is 2.36. The molecule has 30 heavy (non-hydrogen) atoms. The molecular weight excluding hydrogens is 384 g/mol. The molecule has 1 aliphatic heterocycles. The van der Waals surface area contributed by atoms with E-state index in [9.17, 15) is 19.2 Å². The Morgan fingerprint density at radius 1 is 1.03 bits per heavy atom. The van der Waals surface area contributed by atoms with Gasteiger partial charge in [0.15, 0.2) is 6.61 Å². The number of rotatable bonds is 5. The largest absolute Gasteiger partial charge is 0.454 e. The van der Waals surface area contributed by atoms with Gasteiger partial charge in [0.1, 0.15) is 6.04 Å². The predicted molar refractivity (Wildman–Crippen MR) is 110 cm³/mol. The summed E-state index contributed by atoms with van der Waals surface area (Å²) in [4.78, 5) is 50.9. The first-order valence-corrected chi connectivity index (χ1v) is 9.93. The van der Waals surface area contributed by atoms with E-state index in [0.717, 1.165) is 15.7 Å². The van der Waals surface area contributed by atoms with Gasteiger partial charge in [-0.2, -0.15) is 0 Å². The molecule has 0 unspecified atom stereocenters. The number of allylic oxidation sites excluding steroid dienone is 2. The van der Waals surface area contributed by atoms with Crippen LogP contribution in [0.5, 0.6) is 0 Å². The maximum Gasteiger partial charge on any atom is 0.329 e. The lowest BCUT2D eigenvalue weighted by Crippen LogP contribution is -2.45. The van der Waals surface area contributed by atoms with Crippen molar-refractivity contribution in [2.24, 2.45) is 11.8 Å². The van der Waals surface area contributed by atoms with E-state index in [1.54, 1.807) is 6.07 Å². The number of benzene rings is 2. The normalized spacial score (nSPS) is 21.4. The first kappa shape index (κ1) is 19.8. The topological polar surface area (TPSA) is 92.8 Å². The van der Waals surface area contributed by atoms with E-state index >= 15 is 0 Å². The third-order valence-corrected chi connectivity index (χ3v) is 5.68. The molecule has 0 bridgehead atoms. The molecule has 3 atom stereocenters. The van der Waals surface area contributed by atoms with E-state index in [-0.39, 0.29) is 11.8 Å². The number of fused-ring (bicyclic) bond motifs is 2. The molecule has 7 heteroatoms. The summed E-state index contributed by atoms with van der Waals surface area (Å²) >= 11 is 0. The smallest absolute Gasteiger partial charge is 0.329 e. The quantitative estimate of drug-likeness (QED) is 0.468. The van der Waals surface area contributed by atoms with Crippen LogP contribution >= 0.6 is 0 Å². The minimum Gasteiger partial charge on any atom is -0.454 e. The number of hydrogen-bond donors (Lipinski definition) is 1. The predicted octanol–water partition coefficient (Wildman–Crippen LogP) is 2.66. The van der Waals surface area contributed by atoms with Gasteiger partial charge in [0.25, 0.3) is 5.91 Å². The Kier molecular flexibility index (Phi) is 5.35. The third kappa shape index (κ3) is 3.58. The minimum absolute atomic E-state index is 0.348. The fraction of sp³-hybridized carbons (Fsp3) is 0.304. The van der Waals surface area contributed by atoms with Crippen LogP contribution in [-0.2, 0) is 23.9 Å². The van der Waals surface area contributed by atoms with Crippen LogP contribution in [0.15, 0.2) is 54.6 Å². The van der Waals surface area contributed by atoms with Gasteiger partial charge in [-0.05, 0) is 31.2 Å². The van der Waals surface area contributed by atoms with Gasteiger partial charge in [0, 0.05) is 11.1 Å². The van der Waals surface area contributed by atoms with Crippen molar-refractivity contribution in [3.63, 3.8) is 0 Å². The standard InChI is InChI=1S/C23H22N2O5/c1-14(25-21(27)17-10-4-5-11-18(17)22(25)28)23(29)30-13-20(26)24-19-12-6-8-15-7-2-3-9-16(15)19/h2-9,12,14,17-18H,10-11,13H2,1H3,(H,24,26)/t14-,17-,18+/m0/s1. The lowest BCUT2D eigenvalue weighted by atomic mass is 9.85. The van der Waals surface area contributed by atoms with E-state index in [2.05, 4.69) is 5.32 Å². The van der Waals surface area contributed by atoms with Gasteiger partial charge in [-0.1, -0.05) is 48.6 Å². The molecule has 1 aliphatic carbocycles. The van der Waals surface area contributed by atoms with Crippen molar-refractivity contribution in [3.8, 4) is 0 Å². The van der Waals surface area contributed by atoms with Gasteiger partial charge in [-0.3, -0.25) is 19.3 Å². The van der Waals surface area contributed by atoms with Crippen LogP contribution in [0.2, 0.25) is 0 Å². The fourth-order valence-electron chi connectivity index (χ4n) is 4.09. The molecule has 0 aromatic heterocycles. The summed E-state index contributed by atoms with van der Waals surface area (Å²) in [6, 6.07) is 12.1. The maximum atomic E-state index is 12.6. The molecule has 154 valence electrons. The maximum absolute atomic E-state index is 12.6. The van der Waals surface area contributed by atoms with Crippen molar-refractivity contribution >= 4 is 40.2 Å². The number of anilines is 1. The van der Waals surface area contributed by atoms with Gasteiger partial charge in [-0.15, -0.1) is 0 Å². The lowest BCUT2D eigenvalue weighted by Gasteiger charge is -2.21. The Hall–Kier alpha value is -3.48. The molecule has 2 aromatic carbocycles. The van der Waals surface area contributed by atoms with Crippen LogP contribution in [0.3, 0.4) is 0 Å². The monoisotopic (exact) mass is 406 g/mol. The van der Waals surface area contributed by atoms with Crippen molar-refractivity contribution < 1.29 is 23.9 Å². The summed E-state index contributed by atoms with van der Waals surface area (Å²) in [5, 5.41) is 4.58. The lowest BCUT2D eigenvalue weighted by molar-refractivity contribution is -0.159. The Balaban J connectivity index is 1.36. The van der Waals surface area contributed by atoms with E-state index < -0.39 is 36.4 Å². The molecule has 1 N–H and O–H groups in total. The average Bonchev–Trinajstić information content (AvgIpc) is 3.02. The number of nitrogens with zero attached hydrogens (tertiary/aromatic N) is 1. The molecule has 7 nitrogen and oxygen atoms in total. The van der Waals surface area contributed by atoms with Crippen molar-refractivity contribution in [3.05, 3.63) is 54.6 Å². The second-order valence-corrected chi connectivity index (χ2v) is 7.56. The number of imide groups is 1. The number of ether oxygens (including phenoxy) is 1. The van der Waals surface area contributed by atoms with E-state index in [4.69, 9.17) is 4.74 Å². The number of carbonyl (C=O) groups excluding carboxylic acids is 4. The Labute approximate surface area is 173 Å². The summed E-state index contributed by atoms with van der Waals surface area (Å²) in [6.07, 6.45) is 4.77. The van der Waals surface area contributed by atoms with Gasteiger partial charge in [0.05, 0.1) is 11.8 Å². The Bertz CT molecular complexity index is 1030. The zero-order valence-corrected chi connectivity index (χ0v) is 16.5. The van der Waals surface area contributed by atoms with Crippen molar-refractivity contribution in [1.82, 2.24) is 4.90 Å². The number of hydrogen-bond acceptors (Lipinski definition) is 5. The van der Waals surface area contributed by atoms with Crippen LogP contribution < -0.4 is 5.32 Å².